The highest BCUT2D eigenvalue weighted by Crippen LogP contribution is 2.36. The van der Waals surface area contributed by atoms with E-state index in [1.165, 1.54) is 6.21 Å². The van der Waals surface area contributed by atoms with Gasteiger partial charge in [-0.1, -0.05) is 11.6 Å². The van der Waals surface area contributed by atoms with E-state index >= 15 is 0 Å². The van der Waals surface area contributed by atoms with Crippen LogP contribution < -0.4 is 20.6 Å². The van der Waals surface area contributed by atoms with E-state index in [-0.39, 0.29) is 17.4 Å². The minimum atomic E-state index is -0.772. The number of halogens is 1. The Morgan fingerprint density at radius 1 is 1.60 bits per heavy atom. The van der Waals surface area contributed by atoms with Gasteiger partial charge in [-0.05, 0) is 24.6 Å². The summed E-state index contributed by atoms with van der Waals surface area (Å²) in [4.78, 5) is 10.5. The second kappa shape index (κ2) is 7.86. The number of hydrogen-bond acceptors (Lipinski definition) is 5. The zero-order valence-corrected chi connectivity index (χ0v) is 11.5. The smallest absolute Gasteiger partial charge is 0.332 e. The number of hydrogen-bond donors (Lipinski definition) is 2. The maximum absolute atomic E-state index is 10.5. The molecule has 1 rings (SSSR count). The molecular weight excluding hydrogens is 284 g/mol. The molecule has 1 aromatic rings. The van der Waals surface area contributed by atoms with Crippen LogP contribution in [-0.2, 0) is 0 Å². The molecule has 106 valence electrons. The monoisotopic (exact) mass is 296 g/mol. The number of urea groups is 1. The van der Waals surface area contributed by atoms with E-state index in [2.05, 4.69) is 10.5 Å². The first-order valence-electron chi connectivity index (χ1n) is 5.63. The fourth-order valence-electron chi connectivity index (χ4n) is 1.34. The van der Waals surface area contributed by atoms with Gasteiger partial charge in [0, 0.05) is 0 Å². The minimum absolute atomic E-state index is 0.142. The first-order valence-corrected chi connectivity index (χ1v) is 6.00. The summed E-state index contributed by atoms with van der Waals surface area (Å²) in [5.41, 5.74) is 7.52. The molecule has 0 aromatic heterocycles. The molecule has 7 nitrogen and oxygen atoms in total. The molecule has 0 radical (unpaired) electrons. The predicted octanol–water partition coefficient (Wildman–Crippen LogP) is 1.64. The number of carbonyl (C=O) groups is 1. The molecule has 0 saturated carbocycles. The van der Waals surface area contributed by atoms with E-state index in [0.29, 0.717) is 17.9 Å². The average Bonchev–Trinajstić information content (AvgIpc) is 2.38. The molecule has 3 N–H and O–H groups in total. The number of primary amides is 1. The lowest BCUT2D eigenvalue weighted by Gasteiger charge is -2.12. The normalized spacial score (nSPS) is 10.1. The third kappa shape index (κ3) is 4.66. The summed E-state index contributed by atoms with van der Waals surface area (Å²) in [6, 6.07) is 4.26. The molecule has 0 aliphatic heterocycles. The van der Waals surface area contributed by atoms with E-state index in [0.717, 1.165) is 0 Å². The fraction of sp³-hybridized carbons (Fsp3) is 0.250. The Labute approximate surface area is 120 Å². The van der Waals surface area contributed by atoms with E-state index in [1.807, 2.05) is 6.07 Å². The third-order valence-corrected chi connectivity index (χ3v) is 2.28. The standard InChI is InChI=1S/C12H13ClN4O3/c1-2-19-10-6-8(7-16-17-12(15)18)5-9(13)11(10)20-4-3-14/h5-7H,2,4H2,1H3,(H3,15,17,18)/b16-7+. The zero-order valence-electron chi connectivity index (χ0n) is 10.7. The van der Waals surface area contributed by atoms with Crippen LogP contribution in [0.5, 0.6) is 11.5 Å². The van der Waals surface area contributed by atoms with E-state index < -0.39 is 6.03 Å². The summed E-state index contributed by atoms with van der Waals surface area (Å²) in [6.45, 7) is 2.06. The van der Waals surface area contributed by atoms with Crippen molar-refractivity contribution in [3.05, 3.63) is 22.7 Å². The van der Waals surface area contributed by atoms with Crippen LogP contribution in [0.2, 0.25) is 5.02 Å². The van der Waals surface area contributed by atoms with Gasteiger partial charge in [-0.15, -0.1) is 0 Å². The van der Waals surface area contributed by atoms with Crippen LogP contribution in [0.1, 0.15) is 12.5 Å². The predicted molar refractivity (Wildman–Crippen MR) is 74.0 cm³/mol. The number of nitrogens with zero attached hydrogens (tertiary/aromatic N) is 2. The van der Waals surface area contributed by atoms with Crippen LogP contribution in [0.15, 0.2) is 17.2 Å². The quantitative estimate of drug-likeness (QED) is 0.614. The molecule has 1 aromatic carbocycles. The third-order valence-electron chi connectivity index (χ3n) is 2.00. The summed E-state index contributed by atoms with van der Waals surface area (Å²) < 4.78 is 10.6. The van der Waals surface area contributed by atoms with Crippen molar-refractivity contribution in [3.8, 4) is 17.6 Å². The van der Waals surface area contributed by atoms with Gasteiger partial charge in [-0.25, -0.2) is 10.2 Å². The van der Waals surface area contributed by atoms with Crippen molar-refractivity contribution in [1.29, 1.82) is 5.26 Å². The van der Waals surface area contributed by atoms with Crippen molar-refractivity contribution in [2.24, 2.45) is 10.8 Å². The Bertz CT molecular complexity index is 554. The molecule has 0 spiro atoms. The average molecular weight is 297 g/mol. The van der Waals surface area contributed by atoms with Crippen molar-refractivity contribution < 1.29 is 14.3 Å². The van der Waals surface area contributed by atoms with Crippen molar-refractivity contribution in [3.63, 3.8) is 0 Å². The Morgan fingerprint density at radius 2 is 2.35 bits per heavy atom. The molecule has 0 heterocycles. The Balaban J connectivity index is 3.03. The van der Waals surface area contributed by atoms with Crippen LogP contribution in [0.3, 0.4) is 0 Å². The van der Waals surface area contributed by atoms with Crippen LogP contribution in [0.25, 0.3) is 0 Å². The van der Waals surface area contributed by atoms with Crippen molar-refractivity contribution in [1.82, 2.24) is 5.43 Å². The highest BCUT2D eigenvalue weighted by atomic mass is 35.5. The second-order valence-electron chi connectivity index (χ2n) is 3.44. The van der Waals surface area contributed by atoms with Crippen molar-refractivity contribution >= 4 is 23.8 Å². The Hall–Kier alpha value is -2.46. The van der Waals surface area contributed by atoms with Gasteiger partial charge in [0.2, 0.25) is 0 Å². The first-order chi connectivity index (χ1) is 9.58. The van der Waals surface area contributed by atoms with Gasteiger partial charge in [-0.3, -0.25) is 0 Å². The number of benzene rings is 1. The lowest BCUT2D eigenvalue weighted by Crippen LogP contribution is -2.24. The maximum Gasteiger partial charge on any atom is 0.332 e. The van der Waals surface area contributed by atoms with Crippen LogP contribution >= 0.6 is 11.6 Å². The number of ether oxygens (including phenoxy) is 2. The largest absolute Gasteiger partial charge is 0.490 e. The van der Waals surface area contributed by atoms with Gasteiger partial charge in [0.15, 0.2) is 18.1 Å². The van der Waals surface area contributed by atoms with Crippen LogP contribution in [0, 0.1) is 11.3 Å². The molecule has 0 atom stereocenters. The first kappa shape index (κ1) is 15.6. The summed E-state index contributed by atoms with van der Waals surface area (Å²) in [5.74, 6) is 0.672. The van der Waals surface area contributed by atoms with Gasteiger partial charge in [-0.2, -0.15) is 10.4 Å². The molecule has 0 saturated heterocycles. The van der Waals surface area contributed by atoms with Gasteiger partial charge >= 0.3 is 6.03 Å². The topological polar surface area (TPSA) is 110 Å². The number of carbonyl (C=O) groups excluding carboxylic acids is 1. The van der Waals surface area contributed by atoms with E-state index in [4.69, 9.17) is 32.1 Å². The van der Waals surface area contributed by atoms with Crippen LogP contribution in [-0.4, -0.2) is 25.5 Å². The molecule has 0 bridgehead atoms. The molecule has 0 fully saturated rings. The van der Waals surface area contributed by atoms with Crippen molar-refractivity contribution in [2.45, 2.75) is 6.92 Å². The van der Waals surface area contributed by atoms with Crippen LogP contribution in [0.4, 0.5) is 4.79 Å². The number of nitriles is 1. The molecule has 0 aliphatic carbocycles. The fourth-order valence-corrected chi connectivity index (χ4v) is 1.61. The van der Waals surface area contributed by atoms with E-state index in [1.54, 1.807) is 19.1 Å². The molecule has 0 aliphatic rings. The maximum atomic E-state index is 10.5. The number of hydrazone groups is 1. The number of nitrogens with one attached hydrogen (secondary N) is 1. The zero-order chi connectivity index (χ0) is 15.0. The van der Waals surface area contributed by atoms with Gasteiger partial charge < -0.3 is 15.2 Å². The Morgan fingerprint density at radius 3 is 2.95 bits per heavy atom. The summed E-state index contributed by atoms with van der Waals surface area (Å²) >= 11 is 6.06. The van der Waals surface area contributed by atoms with Gasteiger partial charge in [0.25, 0.3) is 0 Å². The Kier molecular flexibility index (Phi) is 6.13. The molecule has 2 amide bonds. The second-order valence-corrected chi connectivity index (χ2v) is 3.85. The SMILES string of the molecule is CCOc1cc(/C=N/NC(N)=O)cc(Cl)c1OCC#N. The lowest BCUT2D eigenvalue weighted by atomic mass is 10.2. The highest BCUT2D eigenvalue weighted by molar-refractivity contribution is 6.32. The minimum Gasteiger partial charge on any atom is -0.490 e. The number of rotatable bonds is 6. The summed E-state index contributed by atoms with van der Waals surface area (Å²) in [7, 11) is 0. The van der Waals surface area contributed by atoms with E-state index in [9.17, 15) is 4.79 Å². The summed E-state index contributed by atoms with van der Waals surface area (Å²) in [5, 5.41) is 12.4. The molecule has 20 heavy (non-hydrogen) atoms. The molecule has 8 heteroatoms. The highest BCUT2D eigenvalue weighted by Gasteiger charge is 2.12. The van der Waals surface area contributed by atoms with Gasteiger partial charge in [0.1, 0.15) is 6.07 Å². The lowest BCUT2D eigenvalue weighted by molar-refractivity contribution is 0.249. The summed E-state index contributed by atoms with van der Waals surface area (Å²) in [6.07, 6.45) is 1.35. The number of amides is 2. The van der Waals surface area contributed by atoms with Crippen molar-refractivity contribution in [2.75, 3.05) is 13.2 Å². The molecular formula is C12H13ClN4O3. The molecule has 0 unspecified atom stereocenters. The van der Waals surface area contributed by atoms with Gasteiger partial charge in [0.05, 0.1) is 17.8 Å². The number of nitrogens with two attached hydrogens (primary N) is 1.